The van der Waals surface area contributed by atoms with Crippen LogP contribution >= 0.6 is 0 Å². The fourth-order valence-electron chi connectivity index (χ4n) is 3.22. The lowest BCUT2D eigenvalue weighted by Gasteiger charge is -2.19. The van der Waals surface area contributed by atoms with E-state index < -0.39 is 0 Å². The zero-order valence-corrected chi connectivity index (χ0v) is 11.5. The molecule has 1 aromatic heterocycles. The fourth-order valence-corrected chi connectivity index (χ4v) is 3.22. The van der Waals surface area contributed by atoms with Crippen LogP contribution in [0.1, 0.15) is 5.56 Å². The van der Waals surface area contributed by atoms with E-state index in [1.54, 1.807) is 0 Å². The van der Waals surface area contributed by atoms with E-state index in [0.29, 0.717) is 13.1 Å². The third kappa shape index (κ3) is 1.79. The first-order valence-electron chi connectivity index (χ1n) is 6.94. The molecular weight excluding hydrogens is 268 g/mol. The van der Waals surface area contributed by atoms with E-state index in [-0.39, 0.29) is 23.7 Å². The molecule has 106 valence electrons. The summed E-state index contributed by atoms with van der Waals surface area (Å²) in [5, 5.41) is 3.36. The van der Waals surface area contributed by atoms with Gasteiger partial charge in [0.05, 0.1) is 17.4 Å². The van der Waals surface area contributed by atoms with Gasteiger partial charge in [-0.15, -0.1) is 0 Å². The molecule has 0 radical (unpaired) electrons. The van der Waals surface area contributed by atoms with Gasteiger partial charge in [-0.1, -0.05) is 11.6 Å². The molecule has 2 aliphatic rings. The highest BCUT2D eigenvalue weighted by Crippen LogP contribution is 2.33. The number of hydrogen-bond acceptors (Lipinski definition) is 5. The zero-order chi connectivity index (χ0) is 14.6. The lowest BCUT2D eigenvalue weighted by Crippen LogP contribution is -2.31. The van der Waals surface area contributed by atoms with Crippen molar-refractivity contribution in [1.82, 2.24) is 15.3 Å². The van der Waals surface area contributed by atoms with Gasteiger partial charge in [-0.3, -0.25) is 14.9 Å². The standard InChI is InChI=1S/C15H14N4O2/c1-8-2-3-12-9(4-8)13(17-7-16-12)19-5-10-11(6-19)15(21)18-14(10)20/h2-4,7,10-11H,5-6H2,1H3,(H,18,20,21)/t10-,11+. The number of carbonyl (C=O) groups excluding carboxylic acids is 2. The average Bonchev–Trinajstić information content (AvgIpc) is 3.01. The van der Waals surface area contributed by atoms with Gasteiger partial charge in [-0.25, -0.2) is 9.97 Å². The number of nitrogens with one attached hydrogen (secondary N) is 1. The van der Waals surface area contributed by atoms with E-state index in [0.717, 1.165) is 22.3 Å². The predicted molar refractivity (Wildman–Crippen MR) is 76.6 cm³/mol. The molecule has 2 saturated heterocycles. The van der Waals surface area contributed by atoms with Crippen molar-refractivity contribution in [2.45, 2.75) is 6.92 Å². The van der Waals surface area contributed by atoms with Crippen LogP contribution in [0.3, 0.4) is 0 Å². The Morgan fingerprint density at radius 1 is 1.14 bits per heavy atom. The highest BCUT2D eigenvalue weighted by atomic mass is 16.2. The summed E-state index contributed by atoms with van der Waals surface area (Å²) in [7, 11) is 0. The van der Waals surface area contributed by atoms with Crippen molar-refractivity contribution in [3.05, 3.63) is 30.1 Å². The number of fused-ring (bicyclic) bond motifs is 2. The molecule has 0 unspecified atom stereocenters. The Morgan fingerprint density at radius 3 is 2.57 bits per heavy atom. The largest absolute Gasteiger partial charge is 0.354 e. The first-order chi connectivity index (χ1) is 10.1. The monoisotopic (exact) mass is 282 g/mol. The third-order valence-corrected chi connectivity index (χ3v) is 4.31. The van der Waals surface area contributed by atoms with Crippen molar-refractivity contribution in [3.63, 3.8) is 0 Å². The van der Waals surface area contributed by atoms with E-state index >= 15 is 0 Å². The Labute approximate surface area is 121 Å². The molecule has 3 heterocycles. The van der Waals surface area contributed by atoms with Crippen molar-refractivity contribution >= 4 is 28.5 Å². The van der Waals surface area contributed by atoms with Crippen LogP contribution in [0.4, 0.5) is 5.82 Å². The van der Waals surface area contributed by atoms with E-state index in [1.807, 2.05) is 30.0 Å². The molecule has 0 bridgehead atoms. The van der Waals surface area contributed by atoms with Crippen molar-refractivity contribution < 1.29 is 9.59 Å². The van der Waals surface area contributed by atoms with Crippen LogP contribution in [0.5, 0.6) is 0 Å². The van der Waals surface area contributed by atoms with Gasteiger partial charge in [-0.05, 0) is 19.1 Å². The highest BCUT2D eigenvalue weighted by molar-refractivity contribution is 6.06. The summed E-state index contributed by atoms with van der Waals surface area (Å²) in [6.45, 7) is 3.08. The fraction of sp³-hybridized carbons (Fsp3) is 0.333. The van der Waals surface area contributed by atoms with Crippen LogP contribution in [0.15, 0.2) is 24.5 Å². The molecule has 6 nitrogen and oxygen atoms in total. The van der Waals surface area contributed by atoms with Crippen LogP contribution in [0.2, 0.25) is 0 Å². The van der Waals surface area contributed by atoms with Crippen molar-refractivity contribution in [2.75, 3.05) is 18.0 Å². The smallest absolute Gasteiger partial charge is 0.232 e. The second-order valence-electron chi connectivity index (χ2n) is 5.69. The maximum atomic E-state index is 11.8. The number of rotatable bonds is 1. The molecule has 2 atom stereocenters. The molecule has 2 fully saturated rings. The number of carbonyl (C=O) groups is 2. The summed E-state index contributed by atoms with van der Waals surface area (Å²) >= 11 is 0. The van der Waals surface area contributed by atoms with Crippen LogP contribution in [-0.4, -0.2) is 34.9 Å². The summed E-state index contributed by atoms with van der Waals surface area (Å²) in [6, 6.07) is 6.01. The molecule has 21 heavy (non-hydrogen) atoms. The molecule has 2 amide bonds. The van der Waals surface area contributed by atoms with Gasteiger partial charge in [0, 0.05) is 18.5 Å². The quantitative estimate of drug-likeness (QED) is 0.777. The first kappa shape index (κ1) is 12.3. The van der Waals surface area contributed by atoms with Gasteiger partial charge in [0.1, 0.15) is 12.1 Å². The molecule has 6 heteroatoms. The topological polar surface area (TPSA) is 75.2 Å². The number of aromatic nitrogens is 2. The van der Waals surface area contributed by atoms with Gasteiger partial charge < -0.3 is 4.90 Å². The van der Waals surface area contributed by atoms with Gasteiger partial charge in [0.25, 0.3) is 0 Å². The van der Waals surface area contributed by atoms with Gasteiger partial charge in [-0.2, -0.15) is 0 Å². The van der Waals surface area contributed by atoms with Crippen LogP contribution in [0, 0.1) is 18.8 Å². The van der Waals surface area contributed by atoms with Crippen molar-refractivity contribution in [1.29, 1.82) is 0 Å². The van der Waals surface area contributed by atoms with E-state index in [2.05, 4.69) is 15.3 Å². The Balaban J connectivity index is 1.77. The van der Waals surface area contributed by atoms with Crippen molar-refractivity contribution in [3.8, 4) is 0 Å². The lowest BCUT2D eigenvalue weighted by atomic mass is 10.00. The number of benzene rings is 1. The minimum Gasteiger partial charge on any atom is -0.354 e. The average molecular weight is 282 g/mol. The maximum absolute atomic E-state index is 11.8. The van der Waals surface area contributed by atoms with Gasteiger partial charge in [0.2, 0.25) is 11.8 Å². The van der Waals surface area contributed by atoms with E-state index in [1.165, 1.54) is 6.33 Å². The molecule has 4 rings (SSSR count). The van der Waals surface area contributed by atoms with Crippen LogP contribution in [0.25, 0.3) is 10.9 Å². The number of nitrogens with zero attached hydrogens (tertiary/aromatic N) is 3. The molecule has 0 saturated carbocycles. The number of hydrogen-bond donors (Lipinski definition) is 1. The number of anilines is 1. The molecule has 0 spiro atoms. The number of imide groups is 1. The molecule has 1 N–H and O–H groups in total. The second kappa shape index (κ2) is 4.25. The molecule has 2 aliphatic heterocycles. The molecule has 2 aromatic rings. The summed E-state index contributed by atoms with van der Waals surface area (Å²) < 4.78 is 0. The molecular formula is C15H14N4O2. The molecule has 0 aliphatic carbocycles. The van der Waals surface area contributed by atoms with Gasteiger partial charge >= 0.3 is 0 Å². The Hall–Kier alpha value is -2.50. The molecule has 1 aromatic carbocycles. The number of aryl methyl sites for hydroxylation is 1. The number of amides is 2. The minimum atomic E-state index is -0.257. The maximum Gasteiger partial charge on any atom is 0.232 e. The van der Waals surface area contributed by atoms with Crippen molar-refractivity contribution in [2.24, 2.45) is 11.8 Å². The SMILES string of the molecule is Cc1ccc2ncnc(N3C[C@@H]4C(=O)NC(=O)[C@@H]4C3)c2c1. The Kier molecular flexibility index (Phi) is 2.48. The van der Waals surface area contributed by atoms with E-state index in [9.17, 15) is 9.59 Å². The normalized spacial score (nSPS) is 24.5. The first-order valence-corrected chi connectivity index (χ1v) is 6.94. The second-order valence-corrected chi connectivity index (χ2v) is 5.69. The highest BCUT2D eigenvalue weighted by Gasteiger charge is 2.48. The van der Waals surface area contributed by atoms with Crippen LogP contribution < -0.4 is 10.2 Å². The Bertz CT molecular complexity index is 751. The zero-order valence-electron chi connectivity index (χ0n) is 11.5. The Morgan fingerprint density at radius 2 is 1.86 bits per heavy atom. The van der Waals surface area contributed by atoms with Gasteiger partial charge in [0.15, 0.2) is 0 Å². The minimum absolute atomic E-state index is 0.165. The summed E-state index contributed by atoms with van der Waals surface area (Å²) in [5.41, 5.74) is 2.00. The summed E-state index contributed by atoms with van der Waals surface area (Å²) in [4.78, 5) is 34.2. The lowest BCUT2D eigenvalue weighted by molar-refractivity contribution is -0.126. The summed E-state index contributed by atoms with van der Waals surface area (Å²) in [6.07, 6.45) is 1.53. The van der Waals surface area contributed by atoms with Crippen LogP contribution in [-0.2, 0) is 9.59 Å². The predicted octanol–water partition coefficient (Wildman–Crippen LogP) is 0.647. The third-order valence-electron chi connectivity index (χ3n) is 4.31. The summed E-state index contributed by atoms with van der Waals surface area (Å²) in [5.74, 6) is -0.0394. The van der Waals surface area contributed by atoms with E-state index in [4.69, 9.17) is 0 Å².